The van der Waals surface area contributed by atoms with Crippen molar-refractivity contribution in [2.24, 2.45) is 28.8 Å². The number of unbranched alkanes of at least 4 members (excludes halogenated alkanes) is 13. The smallest absolute Gasteiger partial charge is 0.330 e. The molecule has 0 unspecified atom stereocenters. The van der Waals surface area contributed by atoms with Crippen LogP contribution in [0.25, 0.3) is 10.2 Å². The third-order valence-corrected chi connectivity index (χ3v) is 16.8. The predicted molar refractivity (Wildman–Crippen MR) is 340 cm³/mol. The quantitative estimate of drug-likeness (QED) is 0.00900. The Labute approximate surface area is 522 Å². The first-order valence-electron chi connectivity index (χ1n) is 31.7. The fourth-order valence-electron chi connectivity index (χ4n) is 10.6. The number of hydrogen-bond donors (Lipinski definition) is 0. The molecule has 0 aliphatic heterocycles. The molecule has 0 amide bonds. The first kappa shape index (κ1) is 67.6. The normalized spacial score (nSPS) is 16.5. The van der Waals surface area contributed by atoms with Gasteiger partial charge >= 0.3 is 35.8 Å². The number of carbonyl (C=O) groups excluding carboxylic acids is 6. The van der Waals surface area contributed by atoms with Crippen LogP contribution in [0.1, 0.15) is 167 Å². The number of para-hydroxylation sites is 1. The van der Waals surface area contributed by atoms with Crippen LogP contribution < -0.4 is 33.4 Å². The summed E-state index contributed by atoms with van der Waals surface area (Å²) >= 11 is 1.54. The molecule has 17 nitrogen and oxygen atoms in total. The maximum Gasteiger partial charge on any atom is 0.330 e. The zero-order valence-electron chi connectivity index (χ0n) is 51.1. The van der Waals surface area contributed by atoms with Crippen molar-refractivity contribution < 1.29 is 66.7 Å². The lowest BCUT2D eigenvalue weighted by Gasteiger charge is -2.26. The fourth-order valence-corrected chi connectivity index (χ4v) is 11.5. The van der Waals surface area contributed by atoms with Gasteiger partial charge in [-0.25, -0.2) is 19.6 Å². The molecule has 2 fully saturated rings. The topological polar surface area (TPSA) is 205 Å². The summed E-state index contributed by atoms with van der Waals surface area (Å²) in [7, 11) is 0. The first-order valence-corrected chi connectivity index (χ1v) is 32.5. The number of carbonyl (C=O) groups is 6. The number of anilines is 1. The minimum absolute atomic E-state index is 0.248. The molecule has 0 N–H and O–H groups in total. The highest BCUT2D eigenvalue weighted by molar-refractivity contribution is 7.22. The van der Waals surface area contributed by atoms with Crippen molar-refractivity contribution in [3.63, 3.8) is 0 Å². The van der Waals surface area contributed by atoms with E-state index in [0.29, 0.717) is 113 Å². The van der Waals surface area contributed by atoms with Gasteiger partial charge in [0.25, 0.3) is 0 Å². The van der Waals surface area contributed by atoms with Crippen LogP contribution in [0, 0.1) is 23.7 Å². The molecule has 1 heterocycles. The van der Waals surface area contributed by atoms with Gasteiger partial charge in [0.05, 0.1) is 66.5 Å². The lowest BCUT2D eigenvalue weighted by molar-refractivity contribution is -0.145. The lowest BCUT2D eigenvalue weighted by Crippen LogP contribution is -2.30. The van der Waals surface area contributed by atoms with Crippen molar-refractivity contribution in [3.05, 3.63) is 122 Å². The number of benzene rings is 4. The molecule has 472 valence electrons. The van der Waals surface area contributed by atoms with E-state index in [-0.39, 0.29) is 47.2 Å². The summed E-state index contributed by atoms with van der Waals surface area (Å²) in [6, 6.07) is 26.9. The Morgan fingerprint density at radius 3 is 1.38 bits per heavy atom. The van der Waals surface area contributed by atoms with E-state index in [1.807, 2.05) is 29.3 Å². The third-order valence-electron chi connectivity index (χ3n) is 15.8. The highest BCUT2D eigenvalue weighted by Crippen LogP contribution is 2.36. The zero-order chi connectivity index (χ0) is 62.1. The summed E-state index contributed by atoms with van der Waals surface area (Å²) in [5, 5.41) is 7.53. The molecule has 2 saturated carbocycles. The number of aromatic nitrogens is 1. The van der Waals surface area contributed by atoms with Gasteiger partial charge in [0.2, 0.25) is 5.13 Å². The second-order valence-electron chi connectivity index (χ2n) is 22.5. The predicted octanol–water partition coefficient (Wildman–Crippen LogP) is 15.2. The largest absolute Gasteiger partial charge is 0.494 e. The van der Waals surface area contributed by atoms with E-state index in [4.69, 9.17) is 48.0 Å². The Morgan fingerprint density at radius 1 is 0.500 bits per heavy atom. The molecule has 0 atom stereocenters. The molecular formula is C70H87N3O14S. The van der Waals surface area contributed by atoms with Gasteiger partial charge in [-0.3, -0.25) is 19.2 Å². The van der Waals surface area contributed by atoms with Crippen LogP contribution in [0.5, 0.6) is 34.5 Å². The van der Waals surface area contributed by atoms with Crippen LogP contribution in [-0.4, -0.2) is 80.0 Å². The van der Waals surface area contributed by atoms with Crippen molar-refractivity contribution in [2.45, 2.75) is 161 Å². The molecule has 1 aromatic heterocycles. The van der Waals surface area contributed by atoms with Crippen molar-refractivity contribution in [1.29, 1.82) is 0 Å². The summed E-state index contributed by atoms with van der Waals surface area (Å²) in [6.45, 7) is 11.6. The fraction of sp³-hybridized carbons (Fsp3) is 0.486. The van der Waals surface area contributed by atoms with E-state index < -0.39 is 23.8 Å². The number of hydrazone groups is 1. The minimum atomic E-state index is -0.458. The Balaban J connectivity index is 0.885. The van der Waals surface area contributed by atoms with E-state index in [1.54, 1.807) is 84.3 Å². The highest BCUT2D eigenvalue weighted by Gasteiger charge is 2.34. The van der Waals surface area contributed by atoms with Crippen LogP contribution >= 0.6 is 11.3 Å². The van der Waals surface area contributed by atoms with Crippen LogP contribution in [0.4, 0.5) is 5.13 Å². The standard InChI is InChI=1S/C70H87N3O14S/c1-4-7-8-19-44-73(70-72-61-24-17-18-25-63(61)88-70)71-50-55-49-60(86-68(78)53-28-26-51(27-29-53)66(76)84-58-38-34-56(35-39-58)80-45-20-13-9-11-15-22-47-82-64(74)5-2)42-43-62(55)87-69(79)54-32-30-52(31-33-54)67(77)85-59-40-36-57(37-41-59)81-46-21-14-10-12-16-23-48-83-65(75)6-3/h5-6,17-18,24-25,34-43,49-54H,2-4,7-16,19-23,26-33,44-48H2,1H3/b71-50+. The Morgan fingerprint density at radius 2 is 0.909 bits per heavy atom. The molecule has 5 aromatic rings. The number of fused-ring (bicyclic) bond motifs is 1. The minimum Gasteiger partial charge on any atom is -0.494 e. The average molecular weight is 1230 g/mol. The van der Waals surface area contributed by atoms with E-state index in [2.05, 4.69) is 20.1 Å². The molecule has 0 bridgehead atoms. The Hall–Kier alpha value is -7.86. The molecule has 18 heteroatoms. The number of nitrogens with zero attached hydrogens (tertiary/aromatic N) is 3. The highest BCUT2D eigenvalue weighted by atomic mass is 32.1. The van der Waals surface area contributed by atoms with Crippen LogP contribution in [0.15, 0.2) is 121 Å². The summed E-state index contributed by atoms with van der Waals surface area (Å²) in [6.07, 6.45) is 23.5. The Kier molecular flexibility index (Phi) is 29.0. The summed E-state index contributed by atoms with van der Waals surface area (Å²) < 4.78 is 46.6. The van der Waals surface area contributed by atoms with Gasteiger partial charge in [0.15, 0.2) is 0 Å². The van der Waals surface area contributed by atoms with Crippen molar-refractivity contribution in [2.75, 3.05) is 38.0 Å². The number of thiazole rings is 1. The van der Waals surface area contributed by atoms with Crippen LogP contribution in [-0.2, 0) is 38.2 Å². The number of hydrogen-bond acceptors (Lipinski definition) is 18. The number of rotatable bonds is 38. The summed E-state index contributed by atoms with van der Waals surface area (Å²) in [4.78, 5) is 81.6. The molecule has 2 aliphatic rings. The molecule has 0 spiro atoms. The molecule has 7 rings (SSSR count). The van der Waals surface area contributed by atoms with E-state index in [1.165, 1.54) is 12.2 Å². The molecule has 88 heavy (non-hydrogen) atoms. The van der Waals surface area contributed by atoms with Gasteiger partial charge in [0, 0.05) is 24.3 Å². The van der Waals surface area contributed by atoms with Crippen molar-refractivity contribution >= 4 is 68.7 Å². The molecule has 2 aliphatic carbocycles. The third kappa shape index (κ3) is 23.3. The molecule has 0 saturated heterocycles. The second-order valence-corrected chi connectivity index (χ2v) is 23.5. The molecular weight excluding hydrogens is 1140 g/mol. The zero-order valence-corrected chi connectivity index (χ0v) is 51.9. The summed E-state index contributed by atoms with van der Waals surface area (Å²) in [5.74, 6) is -1.19. The maximum absolute atomic E-state index is 14.0. The van der Waals surface area contributed by atoms with Gasteiger partial charge in [-0.1, -0.05) is 114 Å². The Bertz CT molecular complexity index is 3000. The van der Waals surface area contributed by atoms with Crippen molar-refractivity contribution in [3.8, 4) is 34.5 Å². The van der Waals surface area contributed by atoms with Gasteiger partial charge in [-0.05, 0) is 162 Å². The second kappa shape index (κ2) is 37.7. The number of ether oxygens (including phenoxy) is 8. The van der Waals surface area contributed by atoms with Gasteiger partial charge in [0.1, 0.15) is 34.5 Å². The lowest BCUT2D eigenvalue weighted by atomic mass is 9.82. The number of esters is 6. The van der Waals surface area contributed by atoms with Gasteiger partial charge in [-0.2, -0.15) is 5.10 Å². The first-order chi connectivity index (χ1) is 43.0. The van der Waals surface area contributed by atoms with Crippen LogP contribution in [0.2, 0.25) is 0 Å². The SMILES string of the molecule is C=CC(=O)OCCCCCCCCOc1ccc(OC(=O)C2CCC(C(=O)Oc3ccc(OC(=O)C4CCC(C(=O)Oc5ccc(OCCCCCCCCOC(=O)C=C)cc5)CC4)c(/C=N/N(CCCCCC)c4nc5ccccc5s4)c3)CC2)cc1. The van der Waals surface area contributed by atoms with Gasteiger partial charge < -0.3 is 37.9 Å². The average Bonchev–Trinajstić information content (AvgIpc) is 3.09. The molecule has 0 radical (unpaired) electrons. The van der Waals surface area contributed by atoms with Gasteiger partial charge in [-0.15, -0.1) is 0 Å². The van der Waals surface area contributed by atoms with Crippen molar-refractivity contribution in [1.82, 2.24) is 4.98 Å². The monoisotopic (exact) mass is 1230 g/mol. The summed E-state index contributed by atoms with van der Waals surface area (Å²) in [5.41, 5.74) is 1.30. The molecule has 4 aromatic carbocycles. The maximum atomic E-state index is 14.0. The van der Waals surface area contributed by atoms with E-state index in [0.717, 1.165) is 118 Å². The van der Waals surface area contributed by atoms with Crippen LogP contribution in [0.3, 0.4) is 0 Å². The van der Waals surface area contributed by atoms with E-state index in [9.17, 15) is 28.8 Å². The van der Waals surface area contributed by atoms with E-state index >= 15 is 0 Å².